The minimum absolute atomic E-state index is 0.189. The molecule has 114 valence electrons. The molecule has 2 N–H and O–H groups in total. The lowest BCUT2D eigenvalue weighted by molar-refractivity contribution is -0.235. The van der Waals surface area contributed by atoms with Crippen molar-refractivity contribution in [2.24, 2.45) is 5.92 Å². The fourth-order valence-electron chi connectivity index (χ4n) is 2.76. The minimum atomic E-state index is -5.84. The number of hydrogen-bond acceptors (Lipinski definition) is 7. The largest absolute Gasteiger partial charge is 0.456 e. The number of aliphatic hydroxyl groups is 1. The molecule has 0 aromatic carbocycles. The van der Waals surface area contributed by atoms with Gasteiger partial charge in [-0.1, -0.05) is 0 Å². The molecule has 3 aliphatic heterocycles. The van der Waals surface area contributed by atoms with Crippen LogP contribution in [0.3, 0.4) is 0 Å². The molecule has 3 aliphatic rings. The molecule has 3 saturated heterocycles. The molecule has 11 heteroatoms. The van der Waals surface area contributed by atoms with Gasteiger partial charge in [-0.3, -0.25) is 9.35 Å². The number of carbonyl (C=O) groups is 1. The third kappa shape index (κ3) is 1.77. The van der Waals surface area contributed by atoms with E-state index < -0.39 is 58.0 Å². The van der Waals surface area contributed by atoms with E-state index in [0.29, 0.717) is 0 Å². The van der Waals surface area contributed by atoms with Crippen molar-refractivity contribution >= 4 is 16.1 Å². The fraction of sp³-hybridized carbons (Fsp3) is 0.889. The molecule has 3 heterocycles. The van der Waals surface area contributed by atoms with Crippen molar-refractivity contribution in [3.8, 4) is 0 Å². The molecule has 0 aromatic rings. The second kappa shape index (κ2) is 4.07. The molecule has 20 heavy (non-hydrogen) atoms. The van der Waals surface area contributed by atoms with Gasteiger partial charge in [0.25, 0.3) is 0 Å². The second-order valence-corrected chi connectivity index (χ2v) is 6.37. The minimum Gasteiger partial charge on any atom is -0.456 e. The standard InChI is InChI=1S/C9H10F2O8S/c10-9(11,20(14,15)16)8(13)19-5-3-1-2-4(17-3)6(5)18-7(2)12/h2-6,8,13H,1H2,(H,14,15,16). The third-order valence-corrected chi connectivity index (χ3v) is 4.59. The van der Waals surface area contributed by atoms with E-state index in [1.807, 2.05) is 0 Å². The molecular weight excluding hydrogens is 306 g/mol. The van der Waals surface area contributed by atoms with Crippen molar-refractivity contribution in [3.05, 3.63) is 0 Å². The Bertz CT molecular complexity index is 548. The number of ether oxygens (including phenoxy) is 3. The normalized spacial score (nSPS) is 41.0. The lowest BCUT2D eigenvalue weighted by atomic mass is 9.88. The van der Waals surface area contributed by atoms with Crippen molar-refractivity contribution in [2.75, 3.05) is 0 Å². The van der Waals surface area contributed by atoms with Gasteiger partial charge in [0, 0.05) is 0 Å². The number of rotatable bonds is 4. The summed E-state index contributed by atoms with van der Waals surface area (Å²) in [5, 5.41) is 4.29. The van der Waals surface area contributed by atoms with Crippen LogP contribution in [0.25, 0.3) is 0 Å². The van der Waals surface area contributed by atoms with E-state index in [1.54, 1.807) is 0 Å². The molecule has 0 aromatic heterocycles. The summed E-state index contributed by atoms with van der Waals surface area (Å²) in [6.07, 6.45) is -6.45. The Hall–Kier alpha value is -0.880. The van der Waals surface area contributed by atoms with Crippen LogP contribution in [-0.2, 0) is 29.1 Å². The van der Waals surface area contributed by atoms with Gasteiger partial charge in [0.1, 0.15) is 12.2 Å². The summed E-state index contributed by atoms with van der Waals surface area (Å²) in [4.78, 5) is 11.4. The van der Waals surface area contributed by atoms with Crippen molar-refractivity contribution in [1.29, 1.82) is 0 Å². The lowest BCUT2D eigenvalue weighted by Gasteiger charge is -2.27. The molecule has 0 radical (unpaired) electrons. The molecular formula is C9H10F2O8S. The Balaban J connectivity index is 1.75. The van der Waals surface area contributed by atoms with Crippen LogP contribution in [0.15, 0.2) is 0 Å². The van der Waals surface area contributed by atoms with Crippen LogP contribution in [0, 0.1) is 5.92 Å². The summed E-state index contributed by atoms with van der Waals surface area (Å²) in [5.74, 6) is -1.02. The molecule has 6 unspecified atom stereocenters. The van der Waals surface area contributed by atoms with Crippen molar-refractivity contribution in [2.45, 2.75) is 42.4 Å². The summed E-state index contributed by atoms with van der Waals surface area (Å²) < 4.78 is 70.5. The maximum absolute atomic E-state index is 13.2. The molecule has 3 rings (SSSR count). The highest BCUT2D eigenvalue weighted by Gasteiger charge is 2.66. The maximum atomic E-state index is 13.2. The SMILES string of the molecule is O=C1OC2C(OC(O)C(F)(F)S(=O)(=O)O)C3CC1C2O3. The highest BCUT2D eigenvalue weighted by molar-refractivity contribution is 7.86. The van der Waals surface area contributed by atoms with E-state index in [0.717, 1.165) is 0 Å². The van der Waals surface area contributed by atoms with E-state index >= 15 is 0 Å². The first kappa shape index (κ1) is 14.1. The van der Waals surface area contributed by atoms with Gasteiger partial charge < -0.3 is 19.3 Å². The Morgan fingerprint density at radius 2 is 2.05 bits per heavy atom. The monoisotopic (exact) mass is 316 g/mol. The van der Waals surface area contributed by atoms with Gasteiger partial charge in [0.2, 0.25) is 6.29 Å². The summed E-state index contributed by atoms with van der Waals surface area (Å²) in [6.45, 7) is 0. The number of alkyl halides is 2. The van der Waals surface area contributed by atoms with Gasteiger partial charge in [-0.15, -0.1) is 0 Å². The van der Waals surface area contributed by atoms with E-state index in [4.69, 9.17) is 14.0 Å². The molecule has 8 nitrogen and oxygen atoms in total. The molecule has 6 atom stereocenters. The molecule has 0 aliphatic carbocycles. The summed E-state index contributed by atoms with van der Waals surface area (Å²) in [7, 11) is -5.84. The Morgan fingerprint density at radius 3 is 2.65 bits per heavy atom. The van der Waals surface area contributed by atoms with Crippen LogP contribution >= 0.6 is 0 Å². The van der Waals surface area contributed by atoms with Gasteiger partial charge in [0.15, 0.2) is 6.10 Å². The Kier molecular flexibility index (Phi) is 2.86. The summed E-state index contributed by atoms with van der Waals surface area (Å²) in [5.41, 5.74) is 0. The third-order valence-electron chi connectivity index (χ3n) is 3.70. The zero-order chi connectivity index (χ0) is 14.9. The molecule has 2 bridgehead atoms. The molecule has 0 spiro atoms. The highest BCUT2D eigenvalue weighted by atomic mass is 32.2. The zero-order valence-corrected chi connectivity index (χ0v) is 10.5. The number of aliphatic hydroxyl groups excluding tert-OH is 1. The Labute approximate surface area is 111 Å². The average Bonchev–Trinajstić information content (AvgIpc) is 2.91. The first-order chi connectivity index (χ1) is 9.13. The summed E-state index contributed by atoms with van der Waals surface area (Å²) in [6, 6.07) is 0. The van der Waals surface area contributed by atoms with Crippen molar-refractivity contribution in [3.63, 3.8) is 0 Å². The van der Waals surface area contributed by atoms with Gasteiger partial charge in [-0.2, -0.15) is 17.2 Å². The number of fused-ring (bicyclic) bond motifs is 1. The van der Waals surface area contributed by atoms with E-state index in [1.165, 1.54) is 0 Å². The predicted molar refractivity (Wildman–Crippen MR) is 54.0 cm³/mol. The number of hydrogen-bond donors (Lipinski definition) is 2. The first-order valence-electron chi connectivity index (χ1n) is 5.67. The van der Waals surface area contributed by atoms with Gasteiger partial charge >= 0.3 is 21.3 Å². The quantitative estimate of drug-likeness (QED) is 0.380. The Morgan fingerprint density at radius 1 is 1.40 bits per heavy atom. The van der Waals surface area contributed by atoms with Crippen molar-refractivity contribution < 1.29 is 45.9 Å². The van der Waals surface area contributed by atoms with Crippen LogP contribution in [-0.4, -0.2) is 60.0 Å². The van der Waals surface area contributed by atoms with Crippen molar-refractivity contribution in [1.82, 2.24) is 0 Å². The topological polar surface area (TPSA) is 119 Å². The smallest absolute Gasteiger partial charge is 0.418 e. The maximum Gasteiger partial charge on any atom is 0.418 e. The highest BCUT2D eigenvalue weighted by Crippen LogP contribution is 2.48. The van der Waals surface area contributed by atoms with E-state index in [9.17, 15) is 27.1 Å². The van der Waals surface area contributed by atoms with Crippen LogP contribution < -0.4 is 0 Å². The average molecular weight is 316 g/mol. The lowest BCUT2D eigenvalue weighted by Crippen LogP contribution is -2.49. The fourth-order valence-corrected chi connectivity index (χ4v) is 3.07. The van der Waals surface area contributed by atoms with Gasteiger partial charge in [0.05, 0.1) is 12.0 Å². The summed E-state index contributed by atoms with van der Waals surface area (Å²) >= 11 is 0. The van der Waals surface area contributed by atoms with Crippen LogP contribution in [0.1, 0.15) is 6.42 Å². The molecule has 0 amide bonds. The number of esters is 1. The van der Waals surface area contributed by atoms with Gasteiger partial charge in [-0.25, -0.2) is 0 Å². The number of carbonyl (C=O) groups excluding carboxylic acids is 1. The predicted octanol–water partition coefficient (Wildman–Crippen LogP) is -1.12. The second-order valence-electron chi connectivity index (χ2n) is 4.87. The molecule has 3 fully saturated rings. The molecule has 0 saturated carbocycles. The first-order valence-corrected chi connectivity index (χ1v) is 7.11. The van der Waals surface area contributed by atoms with E-state index in [-0.39, 0.29) is 6.42 Å². The van der Waals surface area contributed by atoms with Crippen LogP contribution in [0.5, 0.6) is 0 Å². The van der Waals surface area contributed by atoms with Gasteiger partial charge in [-0.05, 0) is 6.42 Å². The van der Waals surface area contributed by atoms with E-state index in [2.05, 4.69) is 4.74 Å². The van der Waals surface area contributed by atoms with Crippen LogP contribution in [0.4, 0.5) is 8.78 Å². The zero-order valence-electron chi connectivity index (χ0n) is 9.68. The number of halogens is 2. The van der Waals surface area contributed by atoms with Crippen LogP contribution in [0.2, 0.25) is 0 Å².